The first kappa shape index (κ1) is 45.4. The van der Waals surface area contributed by atoms with E-state index in [-0.39, 0.29) is 6.42 Å². The quantitative estimate of drug-likeness (QED) is 0.0818. The molecule has 1 heterocycles. The van der Waals surface area contributed by atoms with Gasteiger partial charge in [-0.25, -0.2) is 0 Å². The molecule has 0 saturated heterocycles. The van der Waals surface area contributed by atoms with E-state index in [1.54, 1.807) is 16.7 Å². The fourth-order valence-electron chi connectivity index (χ4n) is 2.91. The summed E-state index contributed by atoms with van der Waals surface area (Å²) in [5.41, 5.74) is 3.89. The highest BCUT2D eigenvalue weighted by Crippen LogP contribution is 2.22. The maximum absolute atomic E-state index is 10.9. The predicted octanol–water partition coefficient (Wildman–Crippen LogP) is 11.4. The first-order valence-corrected chi connectivity index (χ1v) is 16.2. The molecule has 3 rings (SSSR count). The topological polar surface area (TPSA) is 70.9 Å². The summed E-state index contributed by atoms with van der Waals surface area (Å²) in [6, 6.07) is 15.2. The number of nitrogens with one attached hydrogen (secondary N) is 1. The number of aliphatic carboxylic acids is 1. The van der Waals surface area contributed by atoms with Crippen molar-refractivity contribution in [2.24, 2.45) is 0 Å². The normalized spacial score (nSPS) is 9.59. The lowest BCUT2D eigenvalue weighted by molar-refractivity contribution is -0.136. The summed E-state index contributed by atoms with van der Waals surface area (Å²) in [4.78, 5) is 10.9. The second-order valence-corrected chi connectivity index (χ2v) is 9.67. The van der Waals surface area contributed by atoms with Crippen LogP contribution in [0, 0.1) is 4.77 Å². The SMILES string of the molecule is C/C=C/Cl.C/C=C\CC/C=C/C.C=CC(=C)Cl.CC.CC.O=C(O)Cc1cccc(-n2c(-c3cccc(P)c3)n[nH]c2=S)c1. The monoisotopic (exact) mass is 677 g/mol. The van der Waals surface area contributed by atoms with Crippen molar-refractivity contribution in [2.45, 2.75) is 67.7 Å². The van der Waals surface area contributed by atoms with E-state index in [9.17, 15) is 4.79 Å². The zero-order chi connectivity index (χ0) is 34.3. The summed E-state index contributed by atoms with van der Waals surface area (Å²) in [5.74, 6) is -0.180. The molecule has 9 heteroatoms. The lowest BCUT2D eigenvalue weighted by atomic mass is 10.1. The van der Waals surface area contributed by atoms with E-state index in [1.165, 1.54) is 24.5 Å². The number of carboxylic acids is 1. The van der Waals surface area contributed by atoms with Gasteiger partial charge in [-0.15, -0.1) is 9.24 Å². The molecule has 0 aliphatic rings. The molecule has 5 nitrogen and oxygen atoms in total. The molecule has 2 N–H and O–H groups in total. The molecule has 0 spiro atoms. The van der Waals surface area contributed by atoms with Crippen LogP contribution in [0.5, 0.6) is 0 Å². The summed E-state index contributed by atoms with van der Waals surface area (Å²) >= 11 is 15.5. The van der Waals surface area contributed by atoms with Crippen LogP contribution in [-0.4, -0.2) is 25.8 Å². The average molecular weight is 679 g/mol. The molecule has 0 fully saturated rings. The molecule has 0 radical (unpaired) electrons. The van der Waals surface area contributed by atoms with E-state index in [1.807, 2.05) is 77.1 Å². The summed E-state index contributed by atoms with van der Waals surface area (Å²) in [6.07, 6.45) is 14.1. The smallest absolute Gasteiger partial charge is 0.307 e. The summed E-state index contributed by atoms with van der Waals surface area (Å²) in [7, 11) is 2.65. The van der Waals surface area contributed by atoms with Crippen LogP contribution in [0.25, 0.3) is 17.1 Å². The molecule has 0 aliphatic heterocycles. The van der Waals surface area contributed by atoms with Gasteiger partial charge in [0.2, 0.25) is 0 Å². The number of allylic oxidation sites excluding steroid dienone is 7. The minimum absolute atomic E-state index is 0.0323. The van der Waals surface area contributed by atoms with Crippen molar-refractivity contribution >= 4 is 55.9 Å². The third-order valence-electron chi connectivity index (χ3n) is 4.66. The summed E-state index contributed by atoms with van der Waals surface area (Å²) < 4.78 is 2.27. The first-order chi connectivity index (χ1) is 21.1. The minimum Gasteiger partial charge on any atom is -0.481 e. The number of aromatic amines is 1. The van der Waals surface area contributed by atoms with Gasteiger partial charge in [0.15, 0.2) is 10.6 Å². The van der Waals surface area contributed by atoms with Crippen LogP contribution < -0.4 is 5.30 Å². The summed E-state index contributed by atoms with van der Waals surface area (Å²) in [5, 5.41) is 17.6. The van der Waals surface area contributed by atoms with Crippen LogP contribution in [0.15, 0.2) is 109 Å². The van der Waals surface area contributed by atoms with Gasteiger partial charge in [-0.05, 0) is 80.4 Å². The molecular weight excluding hydrogens is 628 g/mol. The van der Waals surface area contributed by atoms with Crippen LogP contribution in [0.3, 0.4) is 0 Å². The molecule has 3 aromatic rings. The van der Waals surface area contributed by atoms with Gasteiger partial charge in [-0.2, -0.15) is 5.10 Å². The highest BCUT2D eigenvalue weighted by atomic mass is 35.5. The Morgan fingerprint density at radius 2 is 1.55 bits per heavy atom. The number of carbonyl (C=O) groups is 1. The number of unbranched alkanes of at least 4 members (excludes halogenated alkanes) is 1. The molecule has 44 heavy (non-hydrogen) atoms. The Kier molecular flexibility index (Phi) is 32.4. The van der Waals surface area contributed by atoms with Gasteiger partial charge in [0.05, 0.1) is 12.1 Å². The van der Waals surface area contributed by atoms with E-state index < -0.39 is 5.97 Å². The van der Waals surface area contributed by atoms with Crippen LogP contribution in [0.2, 0.25) is 0 Å². The lowest BCUT2D eigenvalue weighted by Crippen LogP contribution is -2.03. The second kappa shape index (κ2) is 31.4. The molecule has 1 aromatic heterocycles. The molecule has 0 aliphatic carbocycles. The number of aromatic nitrogens is 3. The fraction of sp³-hybridized carbons (Fsp3) is 0.286. The van der Waals surface area contributed by atoms with Crippen molar-refractivity contribution < 1.29 is 9.90 Å². The average Bonchev–Trinajstić information content (AvgIpc) is 3.43. The first-order valence-electron chi connectivity index (χ1n) is 14.4. The summed E-state index contributed by atoms with van der Waals surface area (Å²) in [6.45, 7) is 20.6. The molecular formula is C35H50Cl2N3O2PS. The number of rotatable bonds is 8. The Bertz CT molecular complexity index is 1330. The highest BCUT2D eigenvalue weighted by Gasteiger charge is 2.12. The fourth-order valence-corrected chi connectivity index (χ4v) is 3.44. The number of benzene rings is 2. The van der Waals surface area contributed by atoms with Gasteiger partial charge >= 0.3 is 5.97 Å². The van der Waals surface area contributed by atoms with Gasteiger partial charge in [0, 0.05) is 10.6 Å². The maximum atomic E-state index is 10.9. The van der Waals surface area contributed by atoms with E-state index in [0.29, 0.717) is 21.2 Å². The molecule has 0 amide bonds. The number of hydrogen-bond donors (Lipinski definition) is 2. The Hall–Kier alpha value is -3.02. The molecule has 0 saturated carbocycles. The largest absolute Gasteiger partial charge is 0.481 e. The lowest BCUT2D eigenvalue weighted by Gasteiger charge is -2.09. The van der Waals surface area contributed by atoms with Crippen LogP contribution in [0.1, 0.15) is 66.9 Å². The van der Waals surface area contributed by atoms with Gasteiger partial charge in [-0.1, -0.05) is 131 Å². The van der Waals surface area contributed by atoms with Crippen molar-refractivity contribution in [3.63, 3.8) is 0 Å². The zero-order valence-electron chi connectivity index (χ0n) is 27.2. The van der Waals surface area contributed by atoms with Crippen molar-refractivity contribution in [2.75, 3.05) is 0 Å². The Morgan fingerprint density at radius 1 is 1.02 bits per heavy atom. The van der Waals surface area contributed by atoms with E-state index >= 15 is 0 Å². The van der Waals surface area contributed by atoms with Gasteiger partial charge in [-0.3, -0.25) is 14.5 Å². The predicted molar refractivity (Wildman–Crippen MR) is 202 cm³/mol. The Labute approximate surface area is 283 Å². The standard InChI is InChI=1S/C16H14N3O2PS.C8H14.C4H5Cl.C3H5Cl.2C2H6/c20-14(21)8-10-3-1-5-12(7-10)19-15(17-18-16(19)23)11-4-2-6-13(22)9-11;1-3-5-7-8-6-4-2;1-3-4(2)5;1-2-3-4;2*1-2/h1-7,9H,8,22H2,(H,18,23)(H,20,21);3-6H,7-8H2,1-2H3;3H,1-2H2;2-3H,1H3;2*1-2H3/b;5-3-,6-4+;;3-2+;;. The maximum Gasteiger partial charge on any atom is 0.307 e. The third-order valence-corrected chi connectivity index (χ3v) is 5.70. The molecule has 1 atom stereocenters. The highest BCUT2D eigenvalue weighted by molar-refractivity contribution is 7.71. The number of carboxylic acid groups (broad SMARTS) is 1. The van der Waals surface area contributed by atoms with Crippen molar-refractivity contribution in [3.05, 3.63) is 119 Å². The zero-order valence-corrected chi connectivity index (χ0v) is 30.7. The van der Waals surface area contributed by atoms with Crippen molar-refractivity contribution in [1.82, 2.24) is 14.8 Å². The van der Waals surface area contributed by atoms with Gasteiger partial charge < -0.3 is 5.11 Å². The minimum atomic E-state index is -0.867. The van der Waals surface area contributed by atoms with E-state index in [4.69, 9.17) is 40.5 Å². The third kappa shape index (κ3) is 22.5. The number of H-pyrrole nitrogens is 1. The molecule has 242 valence electrons. The number of halogens is 2. The van der Waals surface area contributed by atoms with Crippen molar-refractivity contribution in [3.8, 4) is 17.1 Å². The van der Waals surface area contributed by atoms with Gasteiger partial charge in [0.25, 0.3) is 0 Å². The molecule has 2 aromatic carbocycles. The van der Waals surface area contributed by atoms with Gasteiger partial charge in [0.1, 0.15) is 0 Å². The van der Waals surface area contributed by atoms with Crippen LogP contribution >= 0.6 is 44.7 Å². The van der Waals surface area contributed by atoms with E-state index in [2.05, 4.69) is 70.7 Å². The van der Waals surface area contributed by atoms with E-state index in [0.717, 1.165) is 16.6 Å². The number of hydrogen-bond acceptors (Lipinski definition) is 3. The molecule has 1 unspecified atom stereocenters. The van der Waals surface area contributed by atoms with Crippen LogP contribution in [0.4, 0.5) is 0 Å². The second-order valence-electron chi connectivity index (χ2n) is 7.88. The Balaban J connectivity index is -0.000000660. The van der Waals surface area contributed by atoms with Crippen molar-refractivity contribution in [1.29, 1.82) is 0 Å². The molecule has 0 bridgehead atoms. The number of nitrogens with zero attached hydrogens (tertiary/aromatic N) is 2. The van der Waals surface area contributed by atoms with Crippen LogP contribution in [-0.2, 0) is 11.2 Å². The Morgan fingerprint density at radius 3 is 1.98 bits per heavy atom.